The van der Waals surface area contributed by atoms with Gasteiger partial charge in [-0.25, -0.2) is 4.99 Å². The monoisotopic (exact) mass is 301 g/mol. The predicted molar refractivity (Wildman–Crippen MR) is 90.1 cm³/mol. The predicted octanol–water partition coefficient (Wildman–Crippen LogP) is 2.57. The number of hydrogen-bond acceptors (Lipinski definition) is 2. The third-order valence-corrected chi connectivity index (χ3v) is 4.75. The van der Waals surface area contributed by atoms with E-state index in [2.05, 4.69) is 48.3 Å². The maximum Gasteiger partial charge on any atom is 0.194 e. The molecule has 1 aromatic carbocycles. The molecule has 2 heterocycles. The van der Waals surface area contributed by atoms with Gasteiger partial charge in [0.2, 0.25) is 0 Å². The highest BCUT2D eigenvalue weighted by atomic mass is 16.5. The summed E-state index contributed by atoms with van der Waals surface area (Å²) in [6.07, 6.45) is 2.42. The molecule has 0 radical (unpaired) electrons. The van der Waals surface area contributed by atoms with E-state index in [4.69, 9.17) is 9.73 Å². The molecule has 2 fully saturated rings. The van der Waals surface area contributed by atoms with Crippen molar-refractivity contribution in [2.75, 3.05) is 32.8 Å². The van der Waals surface area contributed by atoms with Gasteiger partial charge in [0.15, 0.2) is 5.96 Å². The Morgan fingerprint density at radius 3 is 3.05 bits per heavy atom. The summed E-state index contributed by atoms with van der Waals surface area (Å²) in [5, 5.41) is 3.45. The zero-order chi connectivity index (χ0) is 15.4. The summed E-state index contributed by atoms with van der Waals surface area (Å²) >= 11 is 0. The minimum Gasteiger partial charge on any atom is -0.381 e. The van der Waals surface area contributed by atoms with E-state index in [0.29, 0.717) is 5.41 Å². The number of rotatable bonds is 3. The summed E-state index contributed by atoms with van der Waals surface area (Å²) in [6.45, 7) is 9.91. The normalized spacial score (nSPS) is 25.2. The third kappa shape index (κ3) is 3.43. The zero-order valence-corrected chi connectivity index (χ0v) is 13.8. The van der Waals surface area contributed by atoms with Crippen LogP contribution in [0.3, 0.4) is 0 Å². The molecule has 0 saturated carbocycles. The highest BCUT2D eigenvalue weighted by Gasteiger charge is 2.42. The molecule has 2 saturated heterocycles. The van der Waals surface area contributed by atoms with Crippen LogP contribution in [0.5, 0.6) is 0 Å². The van der Waals surface area contributed by atoms with E-state index < -0.39 is 0 Å². The van der Waals surface area contributed by atoms with Crippen molar-refractivity contribution in [2.45, 2.75) is 33.2 Å². The Balaban J connectivity index is 1.68. The minimum atomic E-state index is 0.375. The van der Waals surface area contributed by atoms with Crippen LogP contribution in [-0.2, 0) is 11.3 Å². The number of nitrogens with one attached hydrogen (secondary N) is 1. The van der Waals surface area contributed by atoms with Crippen molar-refractivity contribution in [3.05, 3.63) is 35.4 Å². The number of nitrogens with zero attached hydrogens (tertiary/aromatic N) is 2. The van der Waals surface area contributed by atoms with Crippen LogP contribution in [0.1, 0.15) is 30.9 Å². The molecule has 0 amide bonds. The van der Waals surface area contributed by atoms with Gasteiger partial charge >= 0.3 is 0 Å². The SMILES string of the molecule is CCNC(=NCc1cccc(C)c1)N1CCC2(CCOC2)C1. The molecule has 0 bridgehead atoms. The number of benzene rings is 1. The van der Waals surface area contributed by atoms with Crippen molar-refractivity contribution in [1.82, 2.24) is 10.2 Å². The summed E-state index contributed by atoms with van der Waals surface area (Å²) in [5.74, 6) is 1.05. The van der Waals surface area contributed by atoms with Crippen LogP contribution in [0.25, 0.3) is 0 Å². The van der Waals surface area contributed by atoms with Crippen LogP contribution >= 0.6 is 0 Å². The van der Waals surface area contributed by atoms with Crippen LogP contribution in [0.4, 0.5) is 0 Å². The first-order valence-electron chi connectivity index (χ1n) is 8.37. The van der Waals surface area contributed by atoms with Crippen molar-refractivity contribution in [3.8, 4) is 0 Å². The van der Waals surface area contributed by atoms with Gasteiger partial charge in [-0.15, -0.1) is 0 Å². The topological polar surface area (TPSA) is 36.9 Å². The van der Waals surface area contributed by atoms with Gasteiger partial charge in [-0.2, -0.15) is 0 Å². The number of likely N-dealkylation sites (tertiary alicyclic amines) is 1. The van der Waals surface area contributed by atoms with Gasteiger partial charge in [0, 0.05) is 31.7 Å². The van der Waals surface area contributed by atoms with E-state index in [1.54, 1.807) is 0 Å². The Labute approximate surface area is 133 Å². The van der Waals surface area contributed by atoms with E-state index in [9.17, 15) is 0 Å². The minimum absolute atomic E-state index is 0.375. The molecule has 1 spiro atoms. The fraction of sp³-hybridized carbons (Fsp3) is 0.611. The molecule has 0 aromatic heterocycles. The Bertz CT molecular complexity index is 535. The molecule has 1 atom stereocenters. The van der Waals surface area contributed by atoms with E-state index >= 15 is 0 Å². The van der Waals surface area contributed by atoms with Gasteiger partial charge < -0.3 is 15.0 Å². The maximum absolute atomic E-state index is 5.63. The van der Waals surface area contributed by atoms with E-state index in [0.717, 1.165) is 45.4 Å². The largest absolute Gasteiger partial charge is 0.381 e. The van der Waals surface area contributed by atoms with Crippen LogP contribution in [-0.4, -0.2) is 43.7 Å². The first-order valence-corrected chi connectivity index (χ1v) is 8.37. The van der Waals surface area contributed by atoms with Gasteiger partial charge in [0.1, 0.15) is 0 Å². The number of guanidine groups is 1. The summed E-state index contributed by atoms with van der Waals surface area (Å²) in [4.78, 5) is 7.26. The first kappa shape index (κ1) is 15.3. The van der Waals surface area contributed by atoms with Crippen LogP contribution in [0.2, 0.25) is 0 Å². The molecule has 4 heteroatoms. The molecule has 120 valence electrons. The van der Waals surface area contributed by atoms with Crippen LogP contribution in [0.15, 0.2) is 29.3 Å². The summed E-state index contributed by atoms with van der Waals surface area (Å²) in [6, 6.07) is 8.59. The molecule has 2 aliphatic heterocycles. The van der Waals surface area contributed by atoms with E-state index in [-0.39, 0.29) is 0 Å². The van der Waals surface area contributed by atoms with Crippen molar-refractivity contribution in [3.63, 3.8) is 0 Å². The van der Waals surface area contributed by atoms with Crippen molar-refractivity contribution < 1.29 is 4.74 Å². The zero-order valence-electron chi connectivity index (χ0n) is 13.8. The quantitative estimate of drug-likeness (QED) is 0.688. The van der Waals surface area contributed by atoms with Crippen molar-refractivity contribution >= 4 is 5.96 Å². The lowest BCUT2D eigenvalue weighted by atomic mass is 9.87. The molecular weight excluding hydrogens is 274 g/mol. The summed E-state index contributed by atoms with van der Waals surface area (Å²) < 4.78 is 5.63. The fourth-order valence-corrected chi connectivity index (χ4v) is 3.49. The third-order valence-electron chi connectivity index (χ3n) is 4.75. The van der Waals surface area contributed by atoms with E-state index in [1.165, 1.54) is 24.0 Å². The second-order valence-electron chi connectivity index (χ2n) is 6.63. The Hall–Kier alpha value is -1.55. The molecule has 22 heavy (non-hydrogen) atoms. The van der Waals surface area contributed by atoms with Crippen molar-refractivity contribution in [1.29, 1.82) is 0 Å². The van der Waals surface area contributed by atoms with Crippen LogP contribution < -0.4 is 5.32 Å². The molecule has 1 unspecified atom stereocenters. The maximum atomic E-state index is 5.63. The van der Waals surface area contributed by atoms with E-state index in [1.807, 2.05) is 0 Å². The second kappa shape index (κ2) is 6.69. The van der Waals surface area contributed by atoms with Gasteiger partial charge in [0.25, 0.3) is 0 Å². The average Bonchev–Trinajstić information content (AvgIpc) is 3.14. The Morgan fingerprint density at radius 1 is 1.41 bits per heavy atom. The number of ether oxygens (including phenoxy) is 1. The Kier molecular flexibility index (Phi) is 4.67. The summed E-state index contributed by atoms with van der Waals surface area (Å²) in [5.41, 5.74) is 2.94. The van der Waals surface area contributed by atoms with Gasteiger partial charge in [-0.1, -0.05) is 29.8 Å². The molecule has 4 nitrogen and oxygen atoms in total. The highest BCUT2D eigenvalue weighted by molar-refractivity contribution is 5.80. The molecule has 1 N–H and O–H groups in total. The van der Waals surface area contributed by atoms with Gasteiger partial charge in [0.05, 0.1) is 13.2 Å². The van der Waals surface area contributed by atoms with Gasteiger partial charge in [-0.3, -0.25) is 0 Å². The number of aliphatic imine (C=N–C) groups is 1. The summed E-state index contributed by atoms with van der Waals surface area (Å²) in [7, 11) is 0. The number of hydrogen-bond donors (Lipinski definition) is 1. The lowest BCUT2D eigenvalue weighted by Gasteiger charge is -2.25. The lowest BCUT2D eigenvalue weighted by Crippen LogP contribution is -2.41. The Morgan fingerprint density at radius 2 is 2.32 bits per heavy atom. The number of aryl methyl sites for hydroxylation is 1. The fourth-order valence-electron chi connectivity index (χ4n) is 3.49. The molecule has 1 aromatic rings. The lowest BCUT2D eigenvalue weighted by molar-refractivity contribution is 0.156. The second-order valence-corrected chi connectivity index (χ2v) is 6.63. The van der Waals surface area contributed by atoms with Crippen molar-refractivity contribution in [2.24, 2.45) is 10.4 Å². The molecular formula is C18H27N3O. The molecule has 2 aliphatic rings. The molecule has 3 rings (SSSR count). The highest BCUT2D eigenvalue weighted by Crippen LogP contribution is 2.38. The standard InChI is InChI=1S/C18H27N3O/c1-3-19-17(20-12-16-6-4-5-15(2)11-16)21-9-7-18(13-21)8-10-22-14-18/h4-6,11H,3,7-10,12-14H2,1-2H3,(H,19,20). The van der Waals surface area contributed by atoms with Crippen LogP contribution in [0, 0.1) is 12.3 Å². The average molecular weight is 301 g/mol. The molecule has 0 aliphatic carbocycles. The first-order chi connectivity index (χ1) is 10.7. The smallest absolute Gasteiger partial charge is 0.194 e. The van der Waals surface area contributed by atoms with Gasteiger partial charge in [-0.05, 0) is 32.3 Å².